The van der Waals surface area contributed by atoms with Gasteiger partial charge in [0.1, 0.15) is 0 Å². The Bertz CT molecular complexity index is 500. The number of fused-ring (bicyclic) bond motifs is 3. The van der Waals surface area contributed by atoms with Crippen LogP contribution in [0.25, 0.3) is 0 Å². The molecule has 0 saturated heterocycles. The summed E-state index contributed by atoms with van der Waals surface area (Å²) in [7, 11) is 0. The minimum atomic E-state index is 0.312. The highest BCUT2D eigenvalue weighted by Gasteiger charge is 2.55. The Morgan fingerprint density at radius 1 is 1.12 bits per heavy atom. The van der Waals surface area contributed by atoms with Crippen LogP contribution in [-0.2, 0) is 4.94 Å². The first-order chi connectivity index (χ1) is 11.9. The van der Waals surface area contributed by atoms with Gasteiger partial charge in [-0.3, -0.25) is 0 Å². The third-order valence-corrected chi connectivity index (χ3v) is 9.06. The van der Waals surface area contributed by atoms with Gasteiger partial charge in [0.15, 0.2) is 0 Å². The molecule has 25 heavy (non-hydrogen) atoms. The zero-order valence-electron chi connectivity index (χ0n) is 17.1. The minimum absolute atomic E-state index is 0.312. The van der Waals surface area contributed by atoms with Crippen LogP contribution >= 0.6 is 0 Å². The lowest BCUT2D eigenvalue weighted by atomic mass is 9.44. The fraction of sp³-hybridized carbons (Fsp3) is 0.913. The fourth-order valence-electron chi connectivity index (χ4n) is 7.55. The maximum atomic E-state index is 12.4. The van der Waals surface area contributed by atoms with Crippen molar-refractivity contribution in [3.8, 4) is 0 Å². The lowest BCUT2D eigenvalue weighted by Gasteiger charge is -2.60. The maximum Gasteiger partial charge on any atom is 0.0904 e. The summed E-state index contributed by atoms with van der Waals surface area (Å²) in [6.45, 7) is 12.3. The summed E-state index contributed by atoms with van der Waals surface area (Å²) in [4.78, 5) is 4.01. The molecule has 3 saturated carbocycles. The van der Waals surface area contributed by atoms with Gasteiger partial charge in [-0.15, -0.1) is 0 Å². The van der Waals surface area contributed by atoms with Crippen molar-refractivity contribution in [1.82, 2.24) is 0 Å². The molecule has 1 nitrogen and oxygen atoms in total. The van der Waals surface area contributed by atoms with Crippen LogP contribution in [0.4, 0.5) is 4.53 Å². The van der Waals surface area contributed by atoms with E-state index < -0.39 is 0 Å². The summed E-state index contributed by atoms with van der Waals surface area (Å²) in [5, 5.41) is 0. The van der Waals surface area contributed by atoms with Gasteiger partial charge in [-0.2, -0.15) is 4.94 Å². The largest absolute Gasteiger partial charge is 0.194 e. The molecule has 3 rings (SSSR count). The highest BCUT2D eigenvalue weighted by molar-refractivity contribution is 5.16. The molecule has 3 aliphatic rings. The second-order valence-electron chi connectivity index (χ2n) is 9.99. The Balaban J connectivity index is 1.82. The molecule has 0 aromatic heterocycles. The van der Waals surface area contributed by atoms with E-state index in [9.17, 15) is 4.53 Å². The topological polar surface area (TPSA) is 9.23 Å². The number of halogens is 1. The molecule has 0 radical (unpaired) electrons. The molecule has 0 aromatic carbocycles. The summed E-state index contributed by atoms with van der Waals surface area (Å²) >= 11 is 0. The number of hydrogen-bond donors (Lipinski definition) is 0. The first-order valence-corrected chi connectivity index (χ1v) is 10.8. The Kier molecular flexibility index (Phi) is 5.69. The average molecular weight is 351 g/mol. The van der Waals surface area contributed by atoms with Crippen molar-refractivity contribution in [3.63, 3.8) is 0 Å². The third kappa shape index (κ3) is 3.22. The van der Waals surface area contributed by atoms with Crippen molar-refractivity contribution in [3.05, 3.63) is 11.6 Å². The molecule has 7 atom stereocenters. The molecular formula is C23H39FO. The normalized spacial score (nSPS) is 47.9. The molecule has 2 heteroatoms. The molecule has 0 bridgehead atoms. The lowest BCUT2D eigenvalue weighted by Crippen LogP contribution is -2.52. The molecule has 0 aliphatic heterocycles. The van der Waals surface area contributed by atoms with E-state index in [4.69, 9.17) is 0 Å². The second kappa shape index (κ2) is 7.33. The van der Waals surface area contributed by atoms with E-state index in [1.807, 2.05) is 0 Å². The standard InChI is InChI=1S/C23H39FO/c1-6-16(3)23(5)13-11-19-18(20(23)7-2)10-12-22(4)14-17(15-25-24)8-9-21(19)22/h6,17-21H,7-15H2,1-5H3/b16-6-. The van der Waals surface area contributed by atoms with Crippen LogP contribution < -0.4 is 0 Å². The molecular weight excluding hydrogens is 311 g/mol. The lowest BCUT2D eigenvalue weighted by molar-refractivity contribution is -0.164. The first-order valence-electron chi connectivity index (χ1n) is 10.8. The molecule has 144 valence electrons. The van der Waals surface area contributed by atoms with Gasteiger partial charge >= 0.3 is 0 Å². The smallest absolute Gasteiger partial charge is 0.0904 e. The van der Waals surface area contributed by atoms with Gasteiger partial charge < -0.3 is 0 Å². The first kappa shape index (κ1) is 19.4. The molecule has 0 N–H and O–H groups in total. The van der Waals surface area contributed by atoms with Crippen LogP contribution in [0.5, 0.6) is 0 Å². The van der Waals surface area contributed by atoms with Crippen LogP contribution in [0.15, 0.2) is 11.6 Å². The highest BCUT2D eigenvalue weighted by Crippen LogP contribution is 2.64. The van der Waals surface area contributed by atoms with Crippen LogP contribution in [0.3, 0.4) is 0 Å². The van der Waals surface area contributed by atoms with E-state index in [1.54, 1.807) is 5.57 Å². The Hall–Kier alpha value is -0.370. The second-order valence-corrected chi connectivity index (χ2v) is 9.99. The average Bonchev–Trinajstić information content (AvgIpc) is 2.60. The minimum Gasteiger partial charge on any atom is -0.194 e. The van der Waals surface area contributed by atoms with Crippen LogP contribution in [-0.4, -0.2) is 6.61 Å². The zero-order chi connectivity index (χ0) is 18.2. The molecule has 7 unspecified atom stereocenters. The summed E-state index contributed by atoms with van der Waals surface area (Å²) in [6.07, 6.45) is 12.8. The van der Waals surface area contributed by atoms with Crippen molar-refractivity contribution >= 4 is 0 Å². The highest BCUT2D eigenvalue weighted by atomic mass is 19.3. The van der Waals surface area contributed by atoms with E-state index in [1.165, 1.54) is 44.9 Å². The summed E-state index contributed by atoms with van der Waals surface area (Å²) in [5.74, 6) is 3.91. The number of allylic oxidation sites excluding steroid dienone is 2. The Morgan fingerprint density at radius 2 is 1.84 bits per heavy atom. The fourth-order valence-corrected chi connectivity index (χ4v) is 7.55. The SMILES string of the molecule is C/C=C(/C)C1(C)CCC2C(CCC3(C)CC(COF)CCC23)C1CC. The summed E-state index contributed by atoms with van der Waals surface area (Å²) in [6, 6.07) is 0. The quantitative estimate of drug-likeness (QED) is 0.490. The van der Waals surface area contributed by atoms with Crippen molar-refractivity contribution < 1.29 is 9.47 Å². The summed E-state index contributed by atoms with van der Waals surface area (Å²) in [5.41, 5.74) is 2.43. The molecule has 0 spiro atoms. The zero-order valence-corrected chi connectivity index (χ0v) is 17.1. The van der Waals surface area contributed by atoms with Crippen molar-refractivity contribution in [2.24, 2.45) is 40.4 Å². The predicted molar refractivity (Wildman–Crippen MR) is 103 cm³/mol. The Morgan fingerprint density at radius 3 is 2.48 bits per heavy atom. The van der Waals surface area contributed by atoms with E-state index in [2.05, 4.69) is 45.6 Å². The van der Waals surface area contributed by atoms with Gasteiger partial charge in [0.2, 0.25) is 0 Å². The van der Waals surface area contributed by atoms with Crippen molar-refractivity contribution in [1.29, 1.82) is 0 Å². The third-order valence-electron chi connectivity index (χ3n) is 9.06. The van der Waals surface area contributed by atoms with E-state index in [0.717, 1.165) is 30.1 Å². The molecule has 0 amide bonds. The van der Waals surface area contributed by atoms with Crippen molar-refractivity contribution in [2.75, 3.05) is 6.61 Å². The van der Waals surface area contributed by atoms with Crippen LogP contribution in [0.2, 0.25) is 0 Å². The van der Waals surface area contributed by atoms with Gasteiger partial charge in [-0.25, -0.2) is 0 Å². The van der Waals surface area contributed by atoms with Crippen molar-refractivity contribution in [2.45, 2.75) is 86.0 Å². The number of hydrogen-bond acceptors (Lipinski definition) is 1. The molecule has 0 heterocycles. The molecule has 3 fully saturated rings. The molecule has 3 aliphatic carbocycles. The maximum absolute atomic E-state index is 12.4. The monoisotopic (exact) mass is 350 g/mol. The predicted octanol–water partition coefficient (Wildman–Crippen LogP) is 7.13. The van der Waals surface area contributed by atoms with E-state index in [0.29, 0.717) is 23.4 Å². The molecule has 0 aromatic rings. The van der Waals surface area contributed by atoms with E-state index >= 15 is 0 Å². The van der Waals surface area contributed by atoms with Crippen LogP contribution in [0, 0.1) is 40.4 Å². The van der Waals surface area contributed by atoms with Gasteiger partial charge in [0.05, 0.1) is 6.61 Å². The van der Waals surface area contributed by atoms with Gasteiger partial charge in [0.25, 0.3) is 0 Å². The Labute approximate surface area is 154 Å². The summed E-state index contributed by atoms with van der Waals surface area (Å²) < 4.78 is 12.4. The number of rotatable bonds is 4. The van der Waals surface area contributed by atoms with Crippen LogP contribution in [0.1, 0.15) is 86.0 Å². The van der Waals surface area contributed by atoms with E-state index in [-0.39, 0.29) is 0 Å². The van der Waals surface area contributed by atoms with Gasteiger partial charge in [-0.05, 0) is 104 Å². The van der Waals surface area contributed by atoms with Gasteiger partial charge in [-0.1, -0.05) is 38.8 Å². The van der Waals surface area contributed by atoms with Gasteiger partial charge in [0, 0.05) is 0 Å².